The van der Waals surface area contributed by atoms with E-state index >= 15 is 0 Å². The van der Waals surface area contributed by atoms with E-state index in [-0.39, 0.29) is 23.6 Å². The SMILES string of the molecule is O=C(c1ccc2nonc2c1)N1CCC(c2nc(C(=O)N3CCN(C(=O)c4ccco4)CC3)cs2)CC1. The quantitative estimate of drug-likeness (QED) is 0.402. The zero-order valence-corrected chi connectivity index (χ0v) is 20.7. The van der Waals surface area contributed by atoms with Crippen LogP contribution in [0.4, 0.5) is 0 Å². The van der Waals surface area contributed by atoms with E-state index in [4.69, 9.17) is 9.05 Å². The Bertz CT molecular complexity index is 1430. The second kappa shape index (κ2) is 9.77. The van der Waals surface area contributed by atoms with E-state index in [1.807, 2.05) is 10.3 Å². The fourth-order valence-electron chi connectivity index (χ4n) is 4.83. The molecule has 37 heavy (non-hydrogen) atoms. The molecule has 1 aromatic carbocycles. The Kier molecular flexibility index (Phi) is 6.16. The largest absolute Gasteiger partial charge is 0.459 e. The summed E-state index contributed by atoms with van der Waals surface area (Å²) in [7, 11) is 0. The van der Waals surface area contributed by atoms with Gasteiger partial charge in [0.05, 0.1) is 11.3 Å². The summed E-state index contributed by atoms with van der Waals surface area (Å²) in [6.45, 7) is 3.05. The van der Waals surface area contributed by atoms with Gasteiger partial charge in [-0.05, 0) is 53.5 Å². The first-order chi connectivity index (χ1) is 18.1. The number of carbonyl (C=O) groups excluding carboxylic acids is 3. The molecule has 190 valence electrons. The fourth-order valence-corrected chi connectivity index (χ4v) is 5.80. The topological polar surface area (TPSA) is 126 Å². The summed E-state index contributed by atoms with van der Waals surface area (Å²) in [5.74, 6) is 0.208. The Hall–Kier alpha value is -4.06. The Balaban J connectivity index is 1.03. The number of hydrogen-bond donors (Lipinski definition) is 0. The molecule has 0 N–H and O–H groups in total. The minimum absolute atomic E-state index is 0.0389. The number of hydrogen-bond acceptors (Lipinski definition) is 9. The van der Waals surface area contributed by atoms with Crippen LogP contribution in [0.3, 0.4) is 0 Å². The number of amides is 3. The molecule has 6 rings (SSSR count). The van der Waals surface area contributed by atoms with Gasteiger partial charge in [0.15, 0.2) is 5.76 Å². The number of thiazole rings is 1. The van der Waals surface area contributed by atoms with E-state index in [0.29, 0.717) is 67.3 Å². The number of benzene rings is 1. The molecule has 0 saturated carbocycles. The van der Waals surface area contributed by atoms with Crippen LogP contribution in [0.5, 0.6) is 0 Å². The normalized spacial score (nSPS) is 16.9. The standard InChI is InChI=1S/C25H24N6O5S/c32-23(17-3-4-18-19(14-17)28-36-27-18)29-7-5-16(6-8-29)22-26-20(15-37-22)24(33)30-9-11-31(12-10-30)25(34)21-2-1-13-35-21/h1-4,13-16H,5-12H2. The van der Waals surface area contributed by atoms with Crippen LogP contribution in [-0.2, 0) is 0 Å². The number of nitrogens with zero attached hydrogens (tertiary/aromatic N) is 6. The predicted molar refractivity (Wildman–Crippen MR) is 132 cm³/mol. The molecule has 0 bridgehead atoms. The van der Waals surface area contributed by atoms with E-state index in [1.165, 1.54) is 17.6 Å². The monoisotopic (exact) mass is 520 g/mol. The average molecular weight is 521 g/mol. The molecule has 2 saturated heterocycles. The van der Waals surface area contributed by atoms with E-state index in [9.17, 15) is 14.4 Å². The Labute approximate surface area is 215 Å². The van der Waals surface area contributed by atoms with Crippen molar-refractivity contribution in [3.63, 3.8) is 0 Å². The lowest BCUT2D eigenvalue weighted by atomic mass is 9.97. The highest BCUT2D eigenvalue weighted by atomic mass is 32.1. The summed E-state index contributed by atoms with van der Waals surface area (Å²) in [4.78, 5) is 48.4. The summed E-state index contributed by atoms with van der Waals surface area (Å²) in [6.07, 6.45) is 3.05. The number of fused-ring (bicyclic) bond motifs is 1. The minimum Gasteiger partial charge on any atom is -0.459 e. The first kappa shape index (κ1) is 23.3. The molecule has 12 heteroatoms. The van der Waals surface area contributed by atoms with Crippen molar-refractivity contribution in [3.05, 3.63) is 64.0 Å². The van der Waals surface area contributed by atoms with Crippen molar-refractivity contribution in [2.24, 2.45) is 0 Å². The van der Waals surface area contributed by atoms with Gasteiger partial charge < -0.3 is 19.1 Å². The molecule has 2 aliphatic heterocycles. The summed E-state index contributed by atoms with van der Waals surface area (Å²) in [5, 5.41) is 10.3. The zero-order valence-electron chi connectivity index (χ0n) is 19.9. The van der Waals surface area contributed by atoms with Crippen LogP contribution in [0, 0.1) is 0 Å². The summed E-state index contributed by atoms with van der Waals surface area (Å²) < 4.78 is 9.91. The summed E-state index contributed by atoms with van der Waals surface area (Å²) in [5.41, 5.74) is 2.19. The summed E-state index contributed by atoms with van der Waals surface area (Å²) in [6, 6.07) is 8.51. The molecule has 3 aromatic heterocycles. The maximum Gasteiger partial charge on any atom is 0.289 e. The van der Waals surface area contributed by atoms with Crippen molar-refractivity contribution in [1.29, 1.82) is 0 Å². The minimum atomic E-state index is -0.159. The van der Waals surface area contributed by atoms with Crippen molar-refractivity contribution >= 4 is 40.1 Å². The molecule has 0 spiro atoms. The van der Waals surface area contributed by atoms with Gasteiger partial charge in [0, 0.05) is 56.1 Å². The molecular weight excluding hydrogens is 496 g/mol. The Morgan fingerprint density at radius 3 is 2.27 bits per heavy atom. The molecule has 0 radical (unpaired) electrons. The lowest BCUT2D eigenvalue weighted by Gasteiger charge is -2.34. The van der Waals surface area contributed by atoms with E-state index in [2.05, 4.69) is 15.3 Å². The molecule has 4 aromatic rings. The van der Waals surface area contributed by atoms with Gasteiger partial charge in [-0.25, -0.2) is 9.61 Å². The first-order valence-electron chi connectivity index (χ1n) is 12.2. The molecule has 2 fully saturated rings. The van der Waals surface area contributed by atoms with Gasteiger partial charge in [0.1, 0.15) is 16.7 Å². The number of piperazine rings is 1. The van der Waals surface area contributed by atoms with Crippen LogP contribution in [0.15, 0.2) is 51.0 Å². The number of rotatable bonds is 4. The maximum atomic E-state index is 13.1. The number of aromatic nitrogens is 3. The van der Waals surface area contributed by atoms with Gasteiger partial charge in [0.25, 0.3) is 17.7 Å². The number of piperidine rings is 1. The van der Waals surface area contributed by atoms with Crippen LogP contribution in [0.1, 0.15) is 55.2 Å². The van der Waals surface area contributed by atoms with Gasteiger partial charge in [0.2, 0.25) is 0 Å². The van der Waals surface area contributed by atoms with Crippen LogP contribution in [0.25, 0.3) is 11.0 Å². The molecule has 0 atom stereocenters. The van der Waals surface area contributed by atoms with Crippen molar-refractivity contribution in [2.75, 3.05) is 39.3 Å². The van der Waals surface area contributed by atoms with Gasteiger partial charge >= 0.3 is 0 Å². The van der Waals surface area contributed by atoms with Crippen molar-refractivity contribution < 1.29 is 23.4 Å². The number of furan rings is 1. The molecule has 11 nitrogen and oxygen atoms in total. The third-order valence-electron chi connectivity index (χ3n) is 6.96. The van der Waals surface area contributed by atoms with Crippen molar-refractivity contribution in [3.8, 4) is 0 Å². The van der Waals surface area contributed by atoms with Crippen LogP contribution in [0.2, 0.25) is 0 Å². The highest BCUT2D eigenvalue weighted by Crippen LogP contribution is 2.31. The third-order valence-corrected chi connectivity index (χ3v) is 7.97. The second-order valence-electron chi connectivity index (χ2n) is 9.17. The smallest absolute Gasteiger partial charge is 0.289 e. The van der Waals surface area contributed by atoms with Crippen molar-refractivity contribution in [2.45, 2.75) is 18.8 Å². The Morgan fingerprint density at radius 2 is 1.54 bits per heavy atom. The lowest BCUT2D eigenvalue weighted by Crippen LogP contribution is -2.50. The molecular formula is C25H24N6O5S. The highest BCUT2D eigenvalue weighted by molar-refractivity contribution is 7.09. The van der Waals surface area contributed by atoms with Gasteiger partial charge in [-0.3, -0.25) is 14.4 Å². The van der Waals surface area contributed by atoms with Crippen LogP contribution < -0.4 is 0 Å². The average Bonchev–Trinajstić information content (AvgIpc) is 3.74. The highest BCUT2D eigenvalue weighted by Gasteiger charge is 2.30. The Morgan fingerprint density at radius 1 is 0.838 bits per heavy atom. The lowest BCUT2D eigenvalue weighted by molar-refractivity contribution is 0.0515. The zero-order chi connectivity index (χ0) is 25.4. The van der Waals surface area contributed by atoms with Gasteiger partial charge in [-0.2, -0.15) is 0 Å². The maximum absolute atomic E-state index is 13.1. The first-order valence-corrected chi connectivity index (χ1v) is 13.0. The molecule has 0 unspecified atom stereocenters. The van der Waals surface area contributed by atoms with E-state index in [0.717, 1.165) is 17.8 Å². The molecule has 2 aliphatic rings. The fraction of sp³-hybridized carbons (Fsp3) is 0.360. The van der Waals surface area contributed by atoms with Crippen molar-refractivity contribution in [1.82, 2.24) is 30.0 Å². The van der Waals surface area contributed by atoms with Gasteiger partial charge in [-0.1, -0.05) is 0 Å². The molecule has 5 heterocycles. The molecule has 3 amide bonds. The predicted octanol–water partition coefficient (Wildman–Crippen LogP) is 2.89. The summed E-state index contributed by atoms with van der Waals surface area (Å²) >= 11 is 1.50. The molecule has 0 aliphatic carbocycles. The van der Waals surface area contributed by atoms with Crippen LogP contribution in [-0.4, -0.2) is 87.0 Å². The second-order valence-corrected chi connectivity index (χ2v) is 10.1. The van der Waals surface area contributed by atoms with Crippen LogP contribution >= 0.6 is 11.3 Å². The number of carbonyl (C=O) groups is 3. The van der Waals surface area contributed by atoms with E-state index in [1.54, 1.807) is 40.1 Å². The number of likely N-dealkylation sites (tertiary alicyclic amines) is 1. The van der Waals surface area contributed by atoms with E-state index < -0.39 is 0 Å². The third kappa shape index (κ3) is 4.59. The van der Waals surface area contributed by atoms with Gasteiger partial charge in [-0.15, -0.1) is 11.3 Å².